The van der Waals surface area contributed by atoms with Crippen LogP contribution in [0.5, 0.6) is 11.5 Å². The lowest BCUT2D eigenvalue weighted by molar-refractivity contribution is -0.129. The first-order chi connectivity index (χ1) is 11.4. The number of anilines is 1. The number of esters is 1. The van der Waals surface area contributed by atoms with Gasteiger partial charge in [0.15, 0.2) is 5.75 Å². The molecule has 6 nitrogen and oxygen atoms in total. The van der Waals surface area contributed by atoms with Crippen LogP contribution in [0.2, 0.25) is 5.02 Å². The summed E-state index contributed by atoms with van der Waals surface area (Å²) < 4.78 is 15.1. The van der Waals surface area contributed by atoms with Crippen molar-refractivity contribution >= 4 is 40.2 Å². The van der Waals surface area contributed by atoms with Crippen molar-refractivity contribution in [3.63, 3.8) is 0 Å². The number of halogens is 1. The average molecular weight is 350 g/mol. The Hall–Kier alpha value is -2.73. The molecule has 7 heteroatoms. The highest BCUT2D eigenvalue weighted by molar-refractivity contribution is 6.31. The van der Waals surface area contributed by atoms with E-state index in [1.807, 2.05) is 0 Å². The maximum absolute atomic E-state index is 11.9. The summed E-state index contributed by atoms with van der Waals surface area (Å²) in [6.45, 7) is 5.12. The Morgan fingerprint density at radius 3 is 2.46 bits per heavy atom. The van der Waals surface area contributed by atoms with Crippen molar-refractivity contribution in [1.29, 1.82) is 0 Å². The van der Waals surface area contributed by atoms with Gasteiger partial charge in [0.2, 0.25) is 0 Å². The second-order valence-electron chi connectivity index (χ2n) is 4.92. The van der Waals surface area contributed by atoms with Gasteiger partial charge in [-0.1, -0.05) is 18.2 Å². The Labute approximate surface area is 143 Å². The molecule has 0 aliphatic carbocycles. The molecule has 0 spiro atoms. The molecule has 0 atom stereocenters. The second-order valence-corrected chi connectivity index (χ2v) is 5.35. The molecule has 0 aromatic heterocycles. The molecule has 0 saturated carbocycles. The minimum Gasteiger partial charge on any atom is -0.437 e. The zero-order chi connectivity index (χ0) is 17.9. The predicted octanol–water partition coefficient (Wildman–Crippen LogP) is 4.16. The molecule has 2 rings (SSSR count). The fourth-order valence-electron chi connectivity index (χ4n) is 2.03. The summed E-state index contributed by atoms with van der Waals surface area (Å²) in [5.74, 6) is -0.0578. The first-order valence-corrected chi connectivity index (χ1v) is 7.32. The number of carbonyl (C=O) groups is 2. The minimum atomic E-state index is -0.870. The fraction of sp³-hybridized carbons (Fsp3) is 0.176. The van der Waals surface area contributed by atoms with Crippen LogP contribution in [0, 0.1) is 0 Å². The summed E-state index contributed by atoms with van der Waals surface area (Å²) in [5, 5.41) is 4.38. The van der Waals surface area contributed by atoms with Crippen LogP contribution in [0.1, 0.15) is 6.92 Å². The predicted molar refractivity (Wildman–Crippen MR) is 92.0 cm³/mol. The van der Waals surface area contributed by atoms with Gasteiger partial charge in [-0.3, -0.25) is 0 Å². The Bertz CT molecular complexity index is 831. The summed E-state index contributed by atoms with van der Waals surface area (Å²) >= 11 is 6.03. The fourth-order valence-corrected chi connectivity index (χ4v) is 2.20. The molecule has 1 N–H and O–H groups in total. The molecular formula is C17H16ClNO5. The van der Waals surface area contributed by atoms with Gasteiger partial charge in [-0.2, -0.15) is 0 Å². The molecule has 0 unspecified atom stereocenters. The largest absolute Gasteiger partial charge is 0.513 e. The lowest BCUT2D eigenvalue weighted by atomic mass is 10.1. The normalized spacial score (nSPS) is 10.2. The van der Waals surface area contributed by atoms with Gasteiger partial charge in [-0.15, -0.1) is 0 Å². The van der Waals surface area contributed by atoms with Crippen LogP contribution in [0.15, 0.2) is 36.4 Å². The summed E-state index contributed by atoms with van der Waals surface area (Å²) in [4.78, 5) is 23.4. The first-order valence-electron chi connectivity index (χ1n) is 6.95. The summed E-state index contributed by atoms with van der Waals surface area (Å²) in [6.07, 6.45) is -0.870. The third-order valence-corrected chi connectivity index (χ3v) is 3.42. The number of hydrogen-bond acceptors (Lipinski definition) is 6. The lowest BCUT2D eigenvalue weighted by Gasteiger charge is -2.16. The van der Waals surface area contributed by atoms with Crippen molar-refractivity contribution in [1.82, 2.24) is 0 Å². The summed E-state index contributed by atoms with van der Waals surface area (Å²) in [7, 11) is 2.86. The maximum atomic E-state index is 11.9. The van der Waals surface area contributed by atoms with E-state index in [-0.39, 0.29) is 17.1 Å². The van der Waals surface area contributed by atoms with Crippen molar-refractivity contribution in [3.05, 3.63) is 41.4 Å². The van der Waals surface area contributed by atoms with Crippen molar-refractivity contribution in [3.8, 4) is 11.5 Å². The maximum Gasteiger partial charge on any atom is 0.513 e. The van der Waals surface area contributed by atoms with E-state index in [1.165, 1.54) is 13.2 Å². The lowest BCUT2D eigenvalue weighted by Crippen LogP contribution is -2.11. The van der Waals surface area contributed by atoms with E-state index >= 15 is 0 Å². The summed E-state index contributed by atoms with van der Waals surface area (Å²) in [6, 6.07) is 6.44. The van der Waals surface area contributed by atoms with Crippen LogP contribution in [0.4, 0.5) is 10.5 Å². The SMILES string of the molecule is C=C(C)C(=O)Oc1c(NC)cc(OC(=O)OC)c2cc(Cl)ccc12. The molecule has 0 amide bonds. The van der Waals surface area contributed by atoms with E-state index in [2.05, 4.69) is 16.6 Å². The Balaban J connectivity index is 2.69. The van der Waals surface area contributed by atoms with Gasteiger partial charge in [0, 0.05) is 34.5 Å². The average Bonchev–Trinajstić information content (AvgIpc) is 2.56. The highest BCUT2D eigenvalue weighted by Gasteiger charge is 2.19. The van der Waals surface area contributed by atoms with E-state index < -0.39 is 12.1 Å². The molecule has 126 valence electrons. The van der Waals surface area contributed by atoms with Crippen LogP contribution < -0.4 is 14.8 Å². The van der Waals surface area contributed by atoms with Gasteiger partial charge < -0.3 is 19.5 Å². The van der Waals surface area contributed by atoms with Gasteiger partial charge >= 0.3 is 12.1 Å². The summed E-state index contributed by atoms with van der Waals surface area (Å²) in [5.41, 5.74) is 0.715. The van der Waals surface area contributed by atoms with Crippen molar-refractivity contribution < 1.29 is 23.8 Å². The van der Waals surface area contributed by atoms with Crippen LogP contribution >= 0.6 is 11.6 Å². The highest BCUT2D eigenvalue weighted by atomic mass is 35.5. The number of methoxy groups -OCH3 is 1. The topological polar surface area (TPSA) is 73.9 Å². The Morgan fingerprint density at radius 2 is 1.88 bits per heavy atom. The monoisotopic (exact) mass is 349 g/mol. The van der Waals surface area contributed by atoms with Crippen LogP contribution in [0.25, 0.3) is 10.8 Å². The molecule has 2 aromatic rings. The molecule has 2 aromatic carbocycles. The number of rotatable bonds is 4. The van der Waals surface area contributed by atoms with E-state index in [9.17, 15) is 9.59 Å². The molecule has 0 fully saturated rings. The number of ether oxygens (including phenoxy) is 3. The van der Waals surface area contributed by atoms with Gasteiger partial charge in [-0.25, -0.2) is 9.59 Å². The molecule has 24 heavy (non-hydrogen) atoms. The minimum absolute atomic E-state index is 0.221. The molecule has 0 bridgehead atoms. The van der Waals surface area contributed by atoms with E-state index in [4.69, 9.17) is 21.1 Å². The smallest absolute Gasteiger partial charge is 0.437 e. The van der Waals surface area contributed by atoms with Crippen LogP contribution in [-0.2, 0) is 9.53 Å². The Kier molecular flexibility index (Phi) is 5.31. The number of fused-ring (bicyclic) bond motifs is 1. The zero-order valence-corrected chi connectivity index (χ0v) is 14.2. The molecule has 0 aliphatic rings. The van der Waals surface area contributed by atoms with Gasteiger partial charge in [0.1, 0.15) is 5.75 Å². The van der Waals surface area contributed by atoms with Crippen molar-refractivity contribution in [2.75, 3.05) is 19.5 Å². The molecular weight excluding hydrogens is 334 g/mol. The van der Waals surface area contributed by atoms with E-state index in [1.54, 1.807) is 32.2 Å². The van der Waals surface area contributed by atoms with Crippen LogP contribution in [0.3, 0.4) is 0 Å². The quantitative estimate of drug-likeness (QED) is 0.386. The number of hydrogen-bond donors (Lipinski definition) is 1. The number of nitrogens with one attached hydrogen (secondary N) is 1. The van der Waals surface area contributed by atoms with E-state index in [0.717, 1.165) is 0 Å². The molecule has 0 saturated heterocycles. The van der Waals surface area contributed by atoms with Crippen LogP contribution in [-0.4, -0.2) is 26.3 Å². The third-order valence-electron chi connectivity index (χ3n) is 3.18. The van der Waals surface area contributed by atoms with Gasteiger partial charge in [0.05, 0.1) is 12.8 Å². The molecule has 0 radical (unpaired) electrons. The number of carbonyl (C=O) groups excluding carboxylic acids is 2. The van der Waals surface area contributed by atoms with Gasteiger partial charge in [0.25, 0.3) is 0 Å². The van der Waals surface area contributed by atoms with E-state index in [0.29, 0.717) is 21.5 Å². The molecule has 0 aliphatic heterocycles. The Morgan fingerprint density at radius 1 is 1.17 bits per heavy atom. The van der Waals surface area contributed by atoms with Crippen molar-refractivity contribution in [2.24, 2.45) is 0 Å². The number of benzene rings is 2. The molecule has 0 heterocycles. The second kappa shape index (κ2) is 7.23. The third kappa shape index (κ3) is 3.60. The zero-order valence-electron chi connectivity index (χ0n) is 13.4. The first kappa shape index (κ1) is 17.6. The van der Waals surface area contributed by atoms with Crippen molar-refractivity contribution in [2.45, 2.75) is 6.92 Å². The van der Waals surface area contributed by atoms with Gasteiger partial charge in [-0.05, 0) is 25.1 Å². The standard InChI is InChI=1S/C17H16ClNO5/c1-9(2)16(20)24-15-11-6-5-10(18)7-12(11)14(8-13(15)19-3)23-17(21)22-4/h5-8,19H,1H2,2-4H3. The highest BCUT2D eigenvalue weighted by Crippen LogP contribution is 2.41.